The first kappa shape index (κ1) is 7.49. The fraction of sp³-hybridized carbons (Fsp3) is 0.500. The van der Waals surface area contributed by atoms with Crippen LogP contribution in [0.4, 0.5) is 0 Å². The molecular formula is C8H12N4. The second-order valence-electron chi connectivity index (χ2n) is 3.06. The van der Waals surface area contributed by atoms with Crippen LogP contribution in [0, 0.1) is 0 Å². The molecule has 4 heteroatoms. The number of piperidine rings is 1. The second-order valence-corrected chi connectivity index (χ2v) is 3.06. The van der Waals surface area contributed by atoms with E-state index in [-0.39, 0.29) is 0 Å². The van der Waals surface area contributed by atoms with Crippen LogP contribution < -0.4 is 5.32 Å². The van der Waals surface area contributed by atoms with Gasteiger partial charge in [-0.3, -0.25) is 5.32 Å². The predicted molar refractivity (Wildman–Crippen MR) is 45.4 cm³/mol. The summed E-state index contributed by atoms with van der Waals surface area (Å²) in [6.45, 7) is 4.82. The highest BCUT2D eigenvalue weighted by molar-refractivity contribution is 5.00. The minimum absolute atomic E-state index is 0.304. The van der Waals surface area contributed by atoms with Gasteiger partial charge < -0.3 is 0 Å². The Kier molecular flexibility index (Phi) is 1.91. The third-order valence-corrected chi connectivity index (χ3v) is 2.11. The Morgan fingerprint density at radius 2 is 2.58 bits per heavy atom. The summed E-state index contributed by atoms with van der Waals surface area (Å²) in [7, 11) is 0. The van der Waals surface area contributed by atoms with Gasteiger partial charge in [0.15, 0.2) is 0 Å². The number of nitrogens with one attached hydrogen (secondary N) is 1. The first-order valence-corrected chi connectivity index (χ1v) is 4.10. The van der Waals surface area contributed by atoms with Crippen molar-refractivity contribution in [2.24, 2.45) is 0 Å². The molecule has 1 aliphatic rings. The van der Waals surface area contributed by atoms with Crippen LogP contribution >= 0.6 is 0 Å². The number of rotatable bonds is 1. The van der Waals surface area contributed by atoms with Crippen LogP contribution in [-0.2, 0) is 0 Å². The van der Waals surface area contributed by atoms with Crippen molar-refractivity contribution in [2.45, 2.75) is 19.0 Å². The standard InChI is InChI=1S/C8H12N4/c1-7-2-3-8(10-4-7)12-6-9-5-11-12/h5-6,8,10H,1-4H2. The van der Waals surface area contributed by atoms with E-state index in [1.807, 2.05) is 4.68 Å². The van der Waals surface area contributed by atoms with Crippen LogP contribution in [-0.4, -0.2) is 21.3 Å². The molecule has 1 fully saturated rings. The monoisotopic (exact) mass is 164 g/mol. The maximum atomic E-state index is 4.08. The summed E-state index contributed by atoms with van der Waals surface area (Å²) >= 11 is 0. The molecule has 1 aromatic heterocycles. The topological polar surface area (TPSA) is 42.7 Å². The zero-order valence-electron chi connectivity index (χ0n) is 6.90. The van der Waals surface area contributed by atoms with E-state index in [1.54, 1.807) is 12.7 Å². The largest absolute Gasteiger partial charge is 0.292 e. The van der Waals surface area contributed by atoms with Crippen LogP contribution in [0.5, 0.6) is 0 Å². The number of hydrogen-bond acceptors (Lipinski definition) is 3. The molecule has 1 saturated heterocycles. The number of nitrogens with zero attached hydrogens (tertiary/aromatic N) is 3. The van der Waals surface area contributed by atoms with E-state index in [1.165, 1.54) is 5.57 Å². The predicted octanol–water partition coefficient (Wildman–Crippen LogP) is 0.716. The lowest BCUT2D eigenvalue weighted by atomic mass is 10.1. The van der Waals surface area contributed by atoms with Crippen LogP contribution in [0.3, 0.4) is 0 Å². The van der Waals surface area contributed by atoms with Gasteiger partial charge in [0.1, 0.15) is 18.8 Å². The molecule has 0 amide bonds. The van der Waals surface area contributed by atoms with E-state index in [0.717, 1.165) is 19.4 Å². The third-order valence-electron chi connectivity index (χ3n) is 2.11. The first-order chi connectivity index (χ1) is 5.86. The van der Waals surface area contributed by atoms with Crippen molar-refractivity contribution in [3.63, 3.8) is 0 Å². The van der Waals surface area contributed by atoms with Crippen molar-refractivity contribution < 1.29 is 0 Å². The normalized spacial score (nSPS) is 24.3. The van der Waals surface area contributed by atoms with E-state index >= 15 is 0 Å². The van der Waals surface area contributed by atoms with Crippen molar-refractivity contribution in [1.29, 1.82) is 0 Å². The summed E-state index contributed by atoms with van der Waals surface area (Å²) in [6, 6.07) is 0. The Morgan fingerprint density at radius 3 is 3.17 bits per heavy atom. The van der Waals surface area contributed by atoms with Gasteiger partial charge in [0.25, 0.3) is 0 Å². The molecule has 1 aromatic rings. The fourth-order valence-electron chi connectivity index (χ4n) is 1.40. The smallest absolute Gasteiger partial charge is 0.137 e. The molecule has 0 bridgehead atoms. The highest BCUT2D eigenvalue weighted by atomic mass is 15.4. The van der Waals surface area contributed by atoms with E-state index in [9.17, 15) is 0 Å². The van der Waals surface area contributed by atoms with E-state index in [0.29, 0.717) is 6.17 Å². The molecule has 2 heterocycles. The Morgan fingerprint density at radius 1 is 1.67 bits per heavy atom. The molecule has 1 aliphatic heterocycles. The van der Waals surface area contributed by atoms with E-state index in [2.05, 4.69) is 22.0 Å². The highest BCUT2D eigenvalue weighted by Gasteiger charge is 2.15. The molecule has 4 nitrogen and oxygen atoms in total. The number of hydrogen-bond donors (Lipinski definition) is 1. The molecule has 2 rings (SSSR count). The summed E-state index contributed by atoms with van der Waals surface area (Å²) in [5, 5.41) is 7.41. The van der Waals surface area contributed by atoms with Gasteiger partial charge in [0.2, 0.25) is 0 Å². The Hall–Kier alpha value is -1.16. The van der Waals surface area contributed by atoms with Gasteiger partial charge in [-0.05, 0) is 12.8 Å². The van der Waals surface area contributed by atoms with Crippen molar-refractivity contribution in [3.05, 3.63) is 24.8 Å². The van der Waals surface area contributed by atoms with Gasteiger partial charge >= 0.3 is 0 Å². The minimum Gasteiger partial charge on any atom is -0.292 e. The zero-order valence-corrected chi connectivity index (χ0v) is 6.90. The fourth-order valence-corrected chi connectivity index (χ4v) is 1.40. The van der Waals surface area contributed by atoms with Crippen molar-refractivity contribution in [2.75, 3.05) is 6.54 Å². The summed E-state index contributed by atoms with van der Waals surface area (Å²) in [5.74, 6) is 0. The van der Waals surface area contributed by atoms with Crippen molar-refractivity contribution in [3.8, 4) is 0 Å². The lowest BCUT2D eigenvalue weighted by Gasteiger charge is -2.24. The van der Waals surface area contributed by atoms with Gasteiger partial charge in [-0.25, -0.2) is 9.67 Å². The van der Waals surface area contributed by atoms with Crippen LogP contribution in [0.2, 0.25) is 0 Å². The first-order valence-electron chi connectivity index (χ1n) is 4.10. The second kappa shape index (κ2) is 3.06. The average molecular weight is 164 g/mol. The summed E-state index contributed by atoms with van der Waals surface area (Å²) in [4.78, 5) is 3.91. The molecular weight excluding hydrogens is 152 g/mol. The van der Waals surface area contributed by atoms with Gasteiger partial charge in [-0.15, -0.1) is 0 Å². The Bertz CT molecular complexity index is 255. The molecule has 0 aliphatic carbocycles. The van der Waals surface area contributed by atoms with E-state index < -0.39 is 0 Å². The molecule has 1 unspecified atom stereocenters. The number of aromatic nitrogens is 3. The molecule has 1 atom stereocenters. The SMILES string of the molecule is C=C1CCC(n2cncn2)NC1. The highest BCUT2D eigenvalue weighted by Crippen LogP contribution is 2.17. The summed E-state index contributed by atoms with van der Waals surface area (Å²) < 4.78 is 1.85. The maximum absolute atomic E-state index is 4.08. The average Bonchev–Trinajstić information content (AvgIpc) is 2.58. The Balaban J connectivity index is 2.03. The molecule has 12 heavy (non-hydrogen) atoms. The molecule has 0 spiro atoms. The van der Waals surface area contributed by atoms with Crippen molar-refractivity contribution >= 4 is 0 Å². The van der Waals surface area contributed by atoms with E-state index in [4.69, 9.17) is 0 Å². The lowest BCUT2D eigenvalue weighted by Crippen LogP contribution is -2.32. The van der Waals surface area contributed by atoms with Gasteiger partial charge in [-0.2, -0.15) is 5.10 Å². The molecule has 0 saturated carbocycles. The summed E-state index contributed by atoms with van der Waals surface area (Å²) in [5.41, 5.74) is 1.27. The lowest BCUT2D eigenvalue weighted by molar-refractivity contribution is 0.331. The molecule has 0 radical (unpaired) electrons. The van der Waals surface area contributed by atoms with Crippen LogP contribution in [0.25, 0.3) is 0 Å². The molecule has 0 aromatic carbocycles. The van der Waals surface area contributed by atoms with Gasteiger partial charge in [-0.1, -0.05) is 12.2 Å². The Labute approximate surface area is 71.3 Å². The minimum atomic E-state index is 0.304. The quantitative estimate of drug-likeness (QED) is 0.622. The van der Waals surface area contributed by atoms with Crippen molar-refractivity contribution in [1.82, 2.24) is 20.1 Å². The molecule has 1 N–H and O–H groups in total. The van der Waals surface area contributed by atoms with Crippen LogP contribution in [0.1, 0.15) is 19.0 Å². The third kappa shape index (κ3) is 1.38. The molecule has 64 valence electrons. The maximum Gasteiger partial charge on any atom is 0.137 e. The van der Waals surface area contributed by atoms with Gasteiger partial charge in [0, 0.05) is 6.54 Å². The zero-order chi connectivity index (χ0) is 8.39. The summed E-state index contributed by atoms with van der Waals surface area (Å²) in [6.07, 6.45) is 5.74. The van der Waals surface area contributed by atoms with Crippen LogP contribution in [0.15, 0.2) is 24.8 Å². The van der Waals surface area contributed by atoms with Gasteiger partial charge in [0.05, 0.1) is 0 Å².